The number of Topliss-reactive ketones (excluding diaryl/α,β-unsaturated/α-hetero) is 2. The van der Waals surface area contributed by atoms with Crippen LogP contribution in [0.5, 0.6) is 23.0 Å². The molecule has 202 valence electrons. The molecule has 0 amide bonds. The number of rotatable bonds is 7. The number of ether oxygens (including phenoxy) is 2. The van der Waals surface area contributed by atoms with Gasteiger partial charge in [0.15, 0.2) is 17.3 Å². The van der Waals surface area contributed by atoms with E-state index < -0.39 is 28.5 Å². The van der Waals surface area contributed by atoms with E-state index in [4.69, 9.17) is 9.47 Å². The number of phenols is 2. The zero-order chi connectivity index (χ0) is 28.2. The molecule has 1 aliphatic carbocycles. The predicted octanol–water partition coefficient (Wildman–Crippen LogP) is 4.21. The van der Waals surface area contributed by atoms with Crippen molar-refractivity contribution in [2.45, 2.75) is 46.1 Å². The van der Waals surface area contributed by atoms with Gasteiger partial charge >= 0.3 is 0 Å². The molecule has 3 N–H and O–H groups in total. The molecule has 0 bridgehead atoms. The van der Waals surface area contributed by atoms with Gasteiger partial charge in [0.25, 0.3) is 0 Å². The molecule has 1 atom stereocenters. The van der Waals surface area contributed by atoms with E-state index in [0.29, 0.717) is 12.2 Å². The maximum atomic E-state index is 13.9. The normalized spacial score (nSPS) is 19.4. The molecule has 2 aromatic carbocycles. The maximum Gasteiger partial charge on any atom is 0.194 e. The van der Waals surface area contributed by atoms with Gasteiger partial charge in [-0.3, -0.25) is 14.4 Å². The first-order valence-electron chi connectivity index (χ1n) is 12.7. The van der Waals surface area contributed by atoms with Gasteiger partial charge in [0.1, 0.15) is 39.7 Å². The highest BCUT2D eigenvalue weighted by Gasteiger charge is 2.56. The lowest BCUT2D eigenvalue weighted by molar-refractivity contribution is -0.123. The summed E-state index contributed by atoms with van der Waals surface area (Å²) in [5.74, 6) is -1.60. The average molecular weight is 531 g/mol. The lowest BCUT2D eigenvalue weighted by Gasteiger charge is -2.29. The lowest BCUT2D eigenvalue weighted by Crippen LogP contribution is -2.41. The molecule has 3 aromatic rings. The fourth-order valence-electron chi connectivity index (χ4n) is 5.48. The minimum absolute atomic E-state index is 0.0166. The fraction of sp³-hybridized carbons (Fsp3) is 0.300. The van der Waals surface area contributed by atoms with Crippen molar-refractivity contribution in [3.63, 3.8) is 0 Å². The second-order valence-corrected chi connectivity index (χ2v) is 10.1. The lowest BCUT2D eigenvalue weighted by atomic mass is 9.70. The third kappa shape index (κ3) is 3.88. The molecule has 0 saturated carbocycles. The number of allylic oxidation sites excluding steroid dienone is 4. The summed E-state index contributed by atoms with van der Waals surface area (Å²) < 4.78 is 13.2. The van der Waals surface area contributed by atoms with E-state index in [0.717, 1.165) is 29.6 Å². The van der Waals surface area contributed by atoms with Crippen LogP contribution in [-0.4, -0.2) is 45.8 Å². The van der Waals surface area contributed by atoms with Crippen LogP contribution < -0.4 is 14.8 Å². The number of phenolic OH excluding ortho intramolecular Hbond substituents is 2. The van der Waals surface area contributed by atoms with E-state index in [2.05, 4.69) is 9.88 Å². The Hall–Kier alpha value is -4.53. The number of aromatic nitrogens is 1. The number of hydrogen-bond acceptors (Lipinski definition) is 8. The molecular formula is C30H30N2O7. The van der Waals surface area contributed by atoms with Crippen LogP contribution in [0.15, 0.2) is 53.6 Å². The number of aryl methyl sites for hydroxylation is 1. The second-order valence-electron chi connectivity index (χ2n) is 10.1. The Morgan fingerprint density at radius 2 is 1.90 bits per heavy atom. The van der Waals surface area contributed by atoms with E-state index in [1.807, 2.05) is 30.5 Å². The number of carbonyl (C=O) groups excluding carboxylic acids is 3. The van der Waals surface area contributed by atoms with Crippen LogP contribution in [0.2, 0.25) is 0 Å². The highest BCUT2D eigenvalue weighted by molar-refractivity contribution is 6.31. The summed E-state index contributed by atoms with van der Waals surface area (Å²) in [6.07, 6.45) is 3.96. The molecule has 9 nitrogen and oxygen atoms in total. The molecule has 2 heterocycles. The Bertz CT molecular complexity index is 1640. The largest absolute Gasteiger partial charge is 0.507 e. The van der Waals surface area contributed by atoms with Crippen LogP contribution in [0.3, 0.4) is 0 Å². The Morgan fingerprint density at radius 3 is 2.59 bits per heavy atom. The van der Waals surface area contributed by atoms with Crippen LogP contribution >= 0.6 is 0 Å². The number of aromatic hydroxyl groups is 2. The quantitative estimate of drug-likeness (QED) is 0.179. The first kappa shape index (κ1) is 26.1. The molecule has 2 aliphatic rings. The van der Waals surface area contributed by atoms with Gasteiger partial charge in [-0.1, -0.05) is 0 Å². The van der Waals surface area contributed by atoms with Crippen molar-refractivity contribution in [2.75, 3.05) is 13.7 Å². The van der Waals surface area contributed by atoms with Crippen LogP contribution in [0, 0.1) is 6.92 Å². The van der Waals surface area contributed by atoms with E-state index >= 15 is 0 Å². The summed E-state index contributed by atoms with van der Waals surface area (Å²) in [6, 6.07) is 7.93. The highest BCUT2D eigenvalue weighted by Crippen LogP contribution is 2.57. The first-order valence-corrected chi connectivity index (χ1v) is 12.7. The molecule has 0 fully saturated rings. The third-order valence-corrected chi connectivity index (χ3v) is 7.70. The molecule has 0 radical (unpaired) electrons. The Labute approximate surface area is 225 Å². The number of carbonyl (C=O) groups is 3. The number of methoxy groups -OCH3 is 1. The summed E-state index contributed by atoms with van der Waals surface area (Å²) in [5, 5.41) is 25.7. The summed E-state index contributed by atoms with van der Waals surface area (Å²) in [6.45, 7) is 7.17. The second kappa shape index (κ2) is 9.34. The predicted molar refractivity (Wildman–Crippen MR) is 144 cm³/mol. The summed E-state index contributed by atoms with van der Waals surface area (Å²) in [5.41, 5.74) is -0.0587. The molecule has 5 rings (SSSR count). The molecule has 1 aromatic heterocycles. The maximum absolute atomic E-state index is 13.9. The van der Waals surface area contributed by atoms with Crippen molar-refractivity contribution >= 4 is 28.3 Å². The molecule has 0 spiro atoms. The summed E-state index contributed by atoms with van der Waals surface area (Å²) in [4.78, 5) is 39.3. The molecule has 0 unspecified atom stereocenters. The topological polar surface area (TPSA) is 127 Å². The van der Waals surface area contributed by atoms with Crippen molar-refractivity contribution in [2.24, 2.45) is 0 Å². The number of benzene rings is 2. The van der Waals surface area contributed by atoms with Gasteiger partial charge in [-0.25, -0.2) is 0 Å². The van der Waals surface area contributed by atoms with Gasteiger partial charge in [0.05, 0.1) is 18.2 Å². The zero-order valence-corrected chi connectivity index (χ0v) is 22.5. The van der Waals surface area contributed by atoms with Crippen molar-refractivity contribution in [3.8, 4) is 23.0 Å². The SMILES string of the molecule is COc1ccc2c(ccn2CCCN/C(C)=C2\C(=O)C=C3Oc4c(C(C)=O)c(O)c(C)c(O)c4[C@]3(C)C2=O)c1. The molecular weight excluding hydrogens is 500 g/mol. The monoisotopic (exact) mass is 530 g/mol. The number of fused-ring (bicyclic) bond motifs is 4. The fourth-order valence-corrected chi connectivity index (χ4v) is 5.48. The number of nitrogens with one attached hydrogen (secondary N) is 1. The van der Waals surface area contributed by atoms with E-state index in [-0.39, 0.29) is 39.5 Å². The summed E-state index contributed by atoms with van der Waals surface area (Å²) in [7, 11) is 1.63. The standard InChI is InChI=1S/C30H30N2O7/c1-15-26(35)24(17(3)33)28-25(27(15)36)30(4)22(39-28)14-21(34)23(29(30)37)16(2)31-10-6-11-32-12-9-18-13-19(38-5)7-8-20(18)32/h7-9,12-14,31,35-36H,6,10-11H2,1-5H3/b23-16+/t30-/m1/s1. The molecule has 0 saturated heterocycles. The zero-order valence-electron chi connectivity index (χ0n) is 22.5. The van der Waals surface area contributed by atoms with Crippen molar-refractivity contribution in [1.29, 1.82) is 0 Å². The van der Waals surface area contributed by atoms with Gasteiger partial charge in [0.2, 0.25) is 0 Å². The first-order chi connectivity index (χ1) is 18.5. The Kier molecular flexibility index (Phi) is 6.25. The average Bonchev–Trinajstić information content (AvgIpc) is 3.43. The van der Waals surface area contributed by atoms with Crippen LogP contribution in [0.25, 0.3) is 10.9 Å². The Morgan fingerprint density at radius 1 is 1.15 bits per heavy atom. The van der Waals surface area contributed by atoms with Crippen molar-refractivity contribution < 1.29 is 34.1 Å². The van der Waals surface area contributed by atoms with E-state index in [1.54, 1.807) is 21.0 Å². The number of ketones is 3. The van der Waals surface area contributed by atoms with Gasteiger partial charge in [-0.2, -0.15) is 0 Å². The van der Waals surface area contributed by atoms with Crippen molar-refractivity contribution in [3.05, 3.63) is 70.3 Å². The number of nitrogens with zero attached hydrogens (tertiary/aromatic N) is 1. The van der Waals surface area contributed by atoms with Gasteiger partial charge < -0.3 is 29.6 Å². The third-order valence-electron chi connectivity index (χ3n) is 7.70. The summed E-state index contributed by atoms with van der Waals surface area (Å²) >= 11 is 0. The molecule has 1 aliphatic heterocycles. The minimum Gasteiger partial charge on any atom is -0.507 e. The van der Waals surface area contributed by atoms with Gasteiger partial charge in [0, 0.05) is 47.5 Å². The minimum atomic E-state index is -1.53. The van der Waals surface area contributed by atoms with E-state index in [1.165, 1.54) is 19.9 Å². The van der Waals surface area contributed by atoms with Crippen LogP contribution in [0.4, 0.5) is 0 Å². The van der Waals surface area contributed by atoms with Gasteiger partial charge in [-0.05, 0) is 58.4 Å². The molecule has 9 heteroatoms. The van der Waals surface area contributed by atoms with Gasteiger partial charge in [-0.15, -0.1) is 0 Å². The highest BCUT2D eigenvalue weighted by atomic mass is 16.5. The smallest absolute Gasteiger partial charge is 0.194 e. The number of hydrogen-bond donors (Lipinski definition) is 3. The Balaban J connectivity index is 1.40. The van der Waals surface area contributed by atoms with Crippen LogP contribution in [-0.2, 0) is 21.5 Å². The van der Waals surface area contributed by atoms with Crippen LogP contribution in [0.1, 0.15) is 48.7 Å². The van der Waals surface area contributed by atoms with Crippen molar-refractivity contribution in [1.82, 2.24) is 9.88 Å². The molecule has 39 heavy (non-hydrogen) atoms. The van der Waals surface area contributed by atoms with E-state index in [9.17, 15) is 24.6 Å².